The first kappa shape index (κ1) is 15.3. The van der Waals surface area contributed by atoms with Crippen molar-refractivity contribution in [1.82, 2.24) is 9.13 Å². The van der Waals surface area contributed by atoms with Crippen LogP contribution in [-0.4, -0.2) is 27.0 Å². The molecule has 0 radical (unpaired) electrons. The summed E-state index contributed by atoms with van der Waals surface area (Å²) in [6.45, 7) is -0.0226. The third-order valence-corrected chi connectivity index (χ3v) is 3.71. The summed E-state index contributed by atoms with van der Waals surface area (Å²) >= 11 is 0. The zero-order chi connectivity index (χ0) is 16.4. The van der Waals surface area contributed by atoms with Crippen molar-refractivity contribution in [3.05, 3.63) is 64.8 Å². The Morgan fingerprint density at radius 3 is 2.52 bits per heavy atom. The normalized spacial score (nSPS) is 12.5. The minimum Gasteiger partial charge on any atom is -0.488 e. The number of aliphatic hydroxyl groups excluding tert-OH is 1. The van der Waals surface area contributed by atoms with E-state index in [4.69, 9.17) is 4.74 Å². The van der Waals surface area contributed by atoms with Gasteiger partial charge in [-0.15, -0.1) is 0 Å². The fraction of sp³-hybridized carbons (Fsp3) is 0.235. The second-order valence-corrected chi connectivity index (χ2v) is 5.34. The minimum absolute atomic E-state index is 0.0780. The van der Waals surface area contributed by atoms with E-state index in [0.717, 1.165) is 11.0 Å². The van der Waals surface area contributed by atoms with Crippen LogP contribution in [0.25, 0.3) is 11.0 Å². The Labute approximate surface area is 132 Å². The van der Waals surface area contributed by atoms with Gasteiger partial charge in [-0.25, -0.2) is 9.18 Å². The second kappa shape index (κ2) is 6.26. The number of aryl methyl sites for hydroxylation is 1. The Morgan fingerprint density at radius 2 is 1.78 bits per heavy atom. The molecule has 0 bridgehead atoms. The van der Waals surface area contributed by atoms with Gasteiger partial charge in [-0.2, -0.15) is 0 Å². The number of hydrogen-bond donors (Lipinski definition) is 1. The number of nitrogens with zero attached hydrogens (tertiary/aromatic N) is 2. The number of hydrogen-bond acceptors (Lipinski definition) is 3. The number of para-hydroxylation sites is 3. The van der Waals surface area contributed by atoms with Gasteiger partial charge in [-0.1, -0.05) is 24.3 Å². The molecule has 0 saturated carbocycles. The topological polar surface area (TPSA) is 56.4 Å². The van der Waals surface area contributed by atoms with Gasteiger partial charge >= 0.3 is 5.69 Å². The molecule has 5 nitrogen and oxygen atoms in total. The highest BCUT2D eigenvalue weighted by molar-refractivity contribution is 5.75. The smallest absolute Gasteiger partial charge is 0.328 e. The van der Waals surface area contributed by atoms with Gasteiger partial charge in [0.05, 0.1) is 17.6 Å². The molecule has 2 aromatic carbocycles. The molecule has 0 amide bonds. The van der Waals surface area contributed by atoms with E-state index in [1.54, 1.807) is 19.2 Å². The molecular formula is C17H17FN2O3. The number of aliphatic hydroxyl groups is 1. The number of fused-ring (bicyclic) bond motifs is 1. The van der Waals surface area contributed by atoms with E-state index in [-0.39, 0.29) is 24.6 Å². The van der Waals surface area contributed by atoms with E-state index < -0.39 is 11.9 Å². The molecule has 3 rings (SSSR count). The lowest BCUT2D eigenvalue weighted by Crippen LogP contribution is -2.30. The van der Waals surface area contributed by atoms with Crippen molar-refractivity contribution in [2.24, 2.45) is 7.05 Å². The molecular weight excluding hydrogens is 299 g/mol. The van der Waals surface area contributed by atoms with Crippen LogP contribution in [0, 0.1) is 5.82 Å². The molecule has 1 atom stereocenters. The maximum Gasteiger partial charge on any atom is 0.328 e. The molecule has 120 valence electrons. The van der Waals surface area contributed by atoms with Crippen LogP contribution in [-0.2, 0) is 13.6 Å². The molecule has 1 N–H and O–H groups in total. The zero-order valence-electron chi connectivity index (χ0n) is 12.6. The first-order valence-corrected chi connectivity index (χ1v) is 7.27. The molecule has 0 saturated heterocycles. The van der Waals surface area contributed by atoms with Gasteiger partial charge in [0.15, 0.2) is 11.6 Å². The van der Waals surface area contributed by atoms with Crippen LogP contribution < -0.4 is 10.4 Å². The van der Waals surface area contributed by atoms with Gasteiger partial charge in [0.1, 0.15) is 12.7 Å². The Hall–Kier alpha value is -2.60. The number of ether oxygens (including phenoxy) is 1. The largest absolute Gasteiger partial charge is 0.488 e. The minimum atomic E-state index is -0.932. The maximum absolute atomic E-state index is 13.5. The van der Waals surface area contributed by atoms with E-state index in [1.165, 1.54) is 21.3 Å². The molecule has 1 unspecified atom stereocenters. The third kappa shape index (κ3) is 2.98. The molecule has 1 aromatic heterocycles. The summed E-state index contributed by atoms with van der Waals surface area (Å²) in [5, 5.41) is 10.1. The average Bonchev–Trinajstić information content (AvgIpc) is 2.80. The lowest BCUT2D eigenvalue weighted by Gasteiger charge is -2.13. The van der Waals surface area contributed by atoms with Crippen LogP contribution in [0.1, 0.15) is 0 Å². The Morgan fingerprint density at radius 1 is 1.13 bits per heavy atom. The summed E-state index contributed by atoms with van der Waals surface area (Å²) in [6, 6.07) is 13.3. The summed E-state index contributed by atoms with van der Waals surface area (Å²) in [6.07, 6.45) is -0.932. The van der Waals surface area contributed by atoms with Gasteiger partial charge in [0.25, 0.3) is 0 Å². The molecule has 0 aliphatic rings. The zero-order valence-corrected chi connectivity index (χ0v) is 12.6. The molecule has 0 fully saturated rings. The highest BCUT2D eigenvalue weighted by atomic mass is 19.1. The summed E-state index contributed by atoms with van der Waals surface area (Å²) in [5.41, 5.74) is 1.32. The van der Waals surface area contributed by atoms with Crippen molar-refractivity contribution >= 4 is 11.0 Å². The van der Waals surface area contributed by atoms with Crippen molar-refractivity contribution in [2.75, 3.05) is 6.61 Å². The fourth-order valence-corrected chi connectivity index (χ4v) is 2.55. The monoisotopic (exact) mass is 316 g/mol. The Balaban J connectivity index is 1.76. The van der Waals surface area contributed by atoms with E-state index in [9.17, 15) is 14.3 Å². The maximum atomic E-state index is 13.5. The van der Waals surface area contributed by atoms with Crippen molar-refractivity contribution in [2.45, 2.75) is 12.6 Å². The summed E-state index contributed by atoms with van der Waals surface area (Å²) in [7, 11) is 1.68. The van der Waals surface area contributed by atoms with Gasteiger partial charge in [0, 0.05) is 7.05 Å². The standard InChI is InChI=1S/C17H17FN2O3/c1-19-14-7-3-4-8-15(14)20(17(19)22)10-12(21)11-23-16-9-5-2-6-13(16)18/h2-9,12,21H,10-11H2,1H3. The molecule has 3 aromatic rings. The van der Waals surface area contributed by atoms with Gasteiger partial charge in [-0.3, -0.25) is 9.13 Å². The van der Waals surface area contributed by atoms with E-state index >= 15 is 0 Å². The van der Waals surface area contributed by atoms with Gasteiger partial charge in [-0.05, 0) is 24.3 Å². The number of aromatic nitrogens is 2. The van der Waals surface area contributed by atoms with Crippen molar-refractivity contribution < 1.29 is 14.2 Å². The average molecular weight is 316 g/mol. The van der Waals surface area contributed by atoms with Crippen LogP contribution in [0.4, 0.5) is 4.39 Å². The van der Waals surface area contributed by atoms with E-state index in [1.807, 2.05) is 24.3 Å². The van der Waals surface area contributed by atoms with Crippen molar-refractivity contribution in [3.8, 4) is 5.75 Å². The van der Waals surface area contributed by atoms with Crippen LogP contribution in [0.15, 0.2) is 53.3 Å². The van der Waals surface area contributed by atoms with Gasteiger partial charge < -0.3 is 9.84 Å². The second-order valence-electron chi connectivity index (χ2n) is 5.34. The summed E-state index contributed by atoms with van der Waals surface area (Å²) in [5.74, 6) is -0.404. The summed E-state index contributed by atoms with van der Waals surface area (Å²) in [4.78, 5) is 12.3. The quantitative estimate of drug-likeness (QED) is 0.782. The fourth-order valence-electron chi connectivity index (χ4n) is 2.55. The molecule has 0 aliphatic heterocycles. The van der Waals surface area contributed by atoms with Crippen LogP contribution in [0.5, 0.6) is 5.75 Å². The third-order valence-electron chi connectivity index (χ3n) is 3.71. The lowest BCUT2D eigenvalue weighted by atomic mass is 10.3. The van der Waals surface area contributed by atoms with Crippen LogP contribution in [0.3, 0.4) is 0 Å². The number of imidazole rings is 1. The highest BCUT2D eigenvalue weighted by Crippen LogP contribution is 2.16. The van der Waals surface area contributed by atoms with Gasteiger partial charge in [0.2, 0.25) is 0 Å². The van der Waals surface area contributed by atoms with Crippen molar-refractivity contribution in [1.29, 1.82) is 0 Å². The highest BCUT2D eigenvalue weighted by Gasteiger charge is 2.15. The predicted octanol–water partition coefficient (Wildman–Crippen LogP) is 1.92. The Bertz CT molecular complexity index is 885. The predicted molar refractivity (Wildman–Crippen MR) is 85.1 cm³/mol. The van der Waals surface area contributed by atoms with Crippen LogP contribution >= 0.6 is 0 Å². The first-order valence-electron chi connectivity index (χ1n) is 7.27. The SMILES string of the molecule is Cn1c(=O)n(CC(O)COc2ccccc2F)c2ccccc21. The van der Waals surface area contributed by atoms with Crippen molar-refractivity contribution in [3.63, 3.8) is 0 Å². The molecule has 1 heterocycles. The van der Waals surface area contributed by atoms with Crippen LogP contribution in [0.2, 0.25) is 0 Å². The molecule has 6 heteroatoms. The number of benzene rings is 2. The molecule has 0 spiro atoms. The first-order chi connectivity index (χ1) is 11.1. The number of rotatable bonds is 5. The number of halogens is 1. The van der Waals surface area contributed by atoms with E-state index in [2.05, 4.69) is 0 Å². The lowest BCUT2D eigenvalue weighted by molar-refractivity contribution is 0.0905. The summed E-state index contributed by atoms with van der Waals surface area (Å²) < 4.78 is 21.8. The van der Waals surface area contributed by atoms with E-state index in [0.29, 0.717) is 0 Å². The Kier molecular flexibility index (Phi) is 4.16. The molecule has 0 aliphatic carbocycles. The molecule has 23 heavy (non-hydrogen) atoms.